The van der Waals surface area contributed by atoms with Gasteiger partial charge in [-0.05, 0) is 67.9 Å². The molecular weight excluding hydrogens is 470 g/mol. The molecule has 1 amide bonds. The van der Waals surface area contributed by atoms with Crippen LogP contribution in [0.2, 0.25) is 0 Å². The van der Waals surface area contributed by atoms with Crippen molar-refractivity contribution in [2.24, 2.45) is 0 Å². The van der Waals surface area contributed by atoms with Gasteiger partial charge in [0.05, 0.1) is 18.2 Å². The van der Waals surface area contributed by atoms with Crippen LogP contribution in [0.3, 0.4) is 0 Å². The van der Waals surface area contributed by atoms with Crippen molar-refractivity contribution in [1.82, 2.24) is 25.1 Å². The van der Waals surface area contributed by atoms with Crippen molar-refractivity contribution in [3.05, 3.63) is 46.0 Å². The van der Waals surface area contributed by atoms with Crippen molar-refractivity contribution < 1.29 is 23.5 Å². The maximum Gasteiger partial charge on any atom is 0.408 e. The van der Waals surface area contributed by atoms with Crippen LogP contribution in [-0.4, -0.2) is 43.0 Å². The van der Waals surface area contributed by atoms with E-state index in [0.29, 0.717) is 28.1 Å². The number of ether oxygens (including phenoxy) is 2. The predicted molar refractivity (Wildman–Crippen MR) is 131 cm³/mol. The number of esters is 1. The first-order valence-corrected chi connectivity index (χ1v) is 12.1. The van der Waals surface area contributed by atoms with Crippen LogP contribution < -0.4 is 5.32 Å². The molecular formula is C24H33N5O5S. The van der Waals surface area contributed by atoms with Gasteiger partial charge in [-0.25, -0.2) is 14.6 Å². The van der Waals surface area contributed by atoms with Crippen LogP contribution in [0.15, 0.2) is 16.9 Å². The number of hydrogen-bond donors (Lipinski definition) is 1. The van der Waals surface area contributed by atoms with Gasteiger partial charge in [-0.2, -0.15) is 0 Å². The lowest BCUT2D eigenvalue weighted by Gasteiger charge is -2.23. The molecule has 0 aliphatic rings. The van der Waals surface area contributed by atoms with Gasteiger partial charge >= 0.3 is 12.1 Å². The van der Waals surface area contributed by atoms with E-state index in [0.717, 1.165) is 10.4 Å². The van der Waals surface area contributed by atoms with Crippen molar-refractivity contribution in [1.29, 1.82) is 0 Å². The molecule has 3 aromatic heterocycles. The topological polar surface area (TPSA) is 121 Å². The highest BCUT2D eigenvalue weighted by Crippen LogP contribution is 2.35. The lowest BCUT2D eigenvalue weighted by Crippen LogP contribution is -2.37. The highest BCUT2D eigenvalue weighted by atomic mass is 32.1. The van der Waals surface area contributed by atoms with Crippen LogP contribution in [0.5, 0.6) is 0 Å². The molecule has 1 N–H and O–H groups in total. The Morgan fingerprint density at radius 2 is 1.74 bits per heavy atom. The number of alkyl carbamates (subject to hydrolysis) is 1. The summed E-state index contributed by atoms with van der Waals surface area (Å²) in [5.41, 5.74) is -0.0816. The molecule has 0 saturated heterocycles. The van der Waals surface area contributed by atoms with E-state index in [1.165, 1.54) is 23.8 Å². The Labute approximate surface area is 209 Å². The second-order valence-corrected chi connectivity index (χ2v) is 11.4. The molecule has 11 heteroatoms. The van der Waals surface area contributed by atoms with Crippen LogP contribution in [0.1, 0.15) is 85.9 Å². The molecule has 0 spiro atoms. The van der Waals surface area contributed by atoms with E-state index in [4.69, 9.17) is 13.9 Å². The number of nitrogens with one attached hydrogen (secondary N) is 1. The third-order valence-corrected chi connectivity index (χ3v) is 6.08. The lowest BCUT2D eigenvalue weighted by molar-refractivity contribution is 0.00689. The Morgan fingerprint density at radius 1 is 1.09 bits per heavy atom. The predicted octanol–water partition coefficient (Wildman–Crippen LogP) is 5.01. The second kappa shape index (κ2) is 9.80. The fraction of sp³-hybridized carbons (Fsp3) is 0.542. The van der Waals surface area contributed by atoms with Crippen molar-refractivity contribution in [2.45, 2.75) is 86.0 Å². The summed E-state index contributed by atoms with van der Waals surface area (Å²) in [6, 6.07) is -0.695. The first-order valence-electron chi connectivity index (χ1n) is 11.3. The SMILES string of the molecule is Cc1sc(-n2c(C)nnc2[C@H](Cc2ncco2)NC(=O)OC(C)(C)C)c(C(=O)OC(C)(C)C)c1C. The molecule has 0 bridgehead atoms. The summed E-state index contributed by atoms with van der Waals surface area (Å²) in [5, 5.41) is 12.1. The first kappa shape index (κ1) is 26.4. The molecule has 10 nitrogen and oxygen atoms in total. The summed E-state index contributed by atoms with van der Waals surface area (Å²) in [7, 11) is 0. The van der Waals surface area contributed by atoms with E-state index >= 15 is 0 Å². The highest BCUT2D eigenvalue weighted by molar-refractivity contribution is 7.15. The van der Waals surface area contributed by atoms with Crippen LogP contribution in [0.25, 0.3) is 5.00 Å². The van der Waals surface area contributed by atoms with E-state index in [-0.39, 0.29) is 6.42 Å². The quantitative estimate of drug-likeness (QED) is 0.466. The van der Waals surface area contributed by atoms with Crippen LogP contribution in [0, 0.1) is 20.8 Å². The molecule has 3 aromatic rings. The van der Waals surface area contributed by atoms with E-state index in [1.54, 1.807) is 32.3 Å². The number of aromatic nitrogens is 4. The molecule has 0 aromatic carbocycles. The first-order chi connectivity index (χ1) is 16.2. The number of aryl methyl sites for hydroxylation is 2. The number of nitrogens with zero attached hydrogens (tertiary/aromatic N) is 4. The van der Waals surface area contributed by atoms with Gasteiger partial charge in [0.15, 0.2) is 11.7 Å². The van der Waals surface area contributed by atoms with Crippen molar-refractivity contribution >= 4 is 23.4 Å². The fourth-order valence-corrected chi connectivity index (χ4v) is 4.58. The molecule has 190 valence electrons. The van der Waals surface area contributed by atoms with Crippen LogP contribution in [-0.2, 0) is 15.9 Å². The van der Waals surface area contributed by atoms with Crippen molar-refractivity contribution in [3.63, 3.8) is 0 Å². The average Bonchev–Trinajstić information content (AvgIpc) is 3.39. The lowest BCUT2D eigenvalue weighted by atomic mass is 10.1. The summed E-state index contributed by atoms with van der Waals surface area (Å²) >= 11 is 1.43. The van der Waals surface area contributed by atoms with E-state index in [2.05, 4.69) is 20.5 Å². The number of carbonyl (C=O) groups is 2. The molecule has 0 radical (unpaired) electrons. The van der Waals surface area contributed by atoms with Gasteiger partial charge in [0.2, 0.25) is 0 Å². The Balaban J connectivity index is 2.10. The molecule has 0 aliphatic heterocycles. The second-order valence-electron chi connectivity index (χ2n) is 10.2. The van der Waals surface area contributed by atoms with Gasteiger partial charge in [0, 0.05) is 4.88 Å². The molecule has 0 aliphatic carbocycles. The number of hydrogen-bond acceptors (Lipinski definition) is 9. The maximum absolute atomic E-state index is 13.2. The summed E-state index contributed by atoms with van der Waals surface area (Å²) in [6.07, 6.45) is 2.58. The number of oxazole rings is 1. The zero-order valence-electron chi connectivity index (χ0n) is 21.7. The van der Waals surface area contributed by atoms with Gasteiger partial charge < -0.3 is 19.2 Å². The molecule has 3 heterocycles. The van der Waals surface area contributed by atoms with Gasteiger partial charge in [0.1, 0.15) is 34.3 Å². The summed E-state index contributed by atoms with van der Waals surface area (Å²) < 4.78 is 18.4. The Morgan fingerprint density at radius 3 is 2.31 bits per heavy atom. The number of rotatable bonds is 6. The minimum absolute atomic E-state index is 0.204. The van der Waals surface area contributed by atoms with Gasteiger partial charge in [0.25, 0.3) is 0 Å². The molecule has 0 saturated carbocycles. The minimum Gasteiger partial charge on any atom is -0.456 e. The molecule has 1 atom stereocenters. The molecule has 0 unspecified atom stereocenters. The summed E-state index contributed by atoms with van der Waals surface area (Å²) in [4.78, 5) is 31.1. The van der Waals surface area contributed by atoms with Crippen LogP contribution >= 0.6 is 11.3 Å². The zero-order chi connectivity index (χ0) is 26.1. The average molecular weight is 504 g/mol. The third kappa shape index (κ3) is 6.47. The molecule has 0 fully saturated rings. The number of thiophene rings is 1. The smallest absolute Gasteiger partial charge is 0.408 e. The standard InChI is InChI=1S/C24H33N5O5S/c1-13-14(2)35-20(18(13)21(30)33-23(4,5)6)29-15(3)27-28-19(29)16(12-17-25-10-11-32-17)26-22(31)34-24(7,8)9/h10-11,16H,12H2,1-9H3,(H,26,31)/t16-/m0/s1. The van der Waals surface area contributed by atoms with E-state index in [9.17, 15) is 9.59 Å². The Hall–Kier alpha value is -3.21. The van der Waals surface area contributed by atoms with Crippen molar-refractivity contribution in [2.75, 3.05) is 0 Å². The molecule has 3 rings (SSSR count). The highest BCUT2D eigenvalue weighted by Gasteiger charge is 2.32. The number of carbonyl (C=O) groups excluding carboxylic acids is 2. The maximum atomic E-state index is 13.2. The van der Waals surface area contributed by atoms with Gasteiger partial charge in [-0.1, -0.05) is 0 Å². The zero-order valence-corrected chi connectivity index (χ0v) is 22.5. The monoisotopic (exact) mass is 503 g/mol. The van der Waals surface area contributed by atoms with Gasteiger partial charge in [-0.3, -0.25) is 4.57 Å². The van der Waals surface area contributed by atoms with Gasteiger partial charge in [-0.15, -0.1) is 21.5 Å². The minimum atomic E-state index is -0.695. The summed E-state index contributed by atoms with van der Waals surface area (Å²) in [5.74, 6) is 0.939. The largest absolute Gasteiger partial charge is 0.456 e. The molecule has 35 heavy (non-hydrogen) atoms. The third-order valence-electron chi connectivity index (χ3n) is 4.89. The normalized spacial score (nSPS) is 12.9. The Kier molecular flexibility index (Phi) is 7.39. The van der Waals surface area contributed by atoms with E-state index < -0.39 is 29.3 Å². The van der Waals surface area contributed by atoms with Crippen LogP contribution in [0.4, 0.5) is 4.79 Å². The Bertz CT molecular complexity index is 1200. The fourth-order valence-electron chi connectivity index (χ4n) is 3.38. The van der Waals surface area contributed by atoms with Crippen molar-refractivity contribution in [3.8, 4) is 5.00 Å². The summed E-state index contributed by atoms with van der Waals surface area (Å²) in [6.45, 7) is 16.4. The van der Waals surface area contributed by atoms with E-state index in [1.807, 2.05) is 34.6 Å². The number of amides is 1.